The summed E-state index contributed by atoms with van der Waals surface area (Å²) in [5.74, 6) is 0. The molecule has 0 spiro atoms. The van der Waals surface area contributed by atoms with Crippen LogP contribution in [0.15, 0.2) is 21.6 Å². The molecule has 0 aliphatic carbocycles. The summed E-state index contributed by atoms with van der Waals surface area (Å²) in [7, 11) is -1.73. The maximum atomic E-state index is 12.2. The van der Waals surface area contributed by atoms with Crippen LogP contribution in [0.2, 0.25) is 5.15 Å². The zero-order valence-corrected chi connectivity index (χ0v) is 14.0. The van der Waals surface area contributed by atoms with Crippen LogP contribution in [0, 0.1) is 0 Å². The van der Waals surface area contributed by atoms with Crippen molar-refractivity contribution in [1.29, 1.82) is 0 Å². The molecule has 0 saturated carbocycles. The number of nitrogens with one attached hydrogen (secondary N) is 1. The number of pyridine rings is 1. The molecular weight excluding hydrogens is 370 g/mol. The maximum Gasteiger partial charge on any atom is 0.243 e. The smallest absolute Gasteiger partial charge is 0.243 e. The molecule has 1 aliphatic rings. The third-order valence-corrected chi connectivity index (χ3v) is 5.19. The standard InChI is InChI=1S/C11H15BrClN3O3S/c1-16-2-3-19-9(7-16)6-15-20(17,18)10-4-8(12)5-14-11(10)13/h4-5,9,15H,2-3,6-7H2,1H3. The molecule has 1 atom stereocenters. The summed E-state index contributed by atoms with van der Waals surface area (Å²) in [6, 6.07) is 1.42. The number of ether oxygens (including phenoxy) is 1. The molecule has 2 heterocycles. The van der Waals surface area contributed by atoms with Crippen molar-refractivity contribution in [2.75, 3.05) is 33.3 Å². The minimum absolute atomic E-state index is 0.0438. The first-order chi connectivity index (χ1) is 9.38. The Hall–Kier alpha value is -0.250. The van der Waals surface area contributed by atoms with Crippen molar-refractivity contribution < 1.29 is 13.2 Å². The molecule has 0 aromatic carbocycles. The number of hydrogen-bond donors (Lipinski definition) is 1. The van der Waals surface area contributed by atoms with Crippen molar-refractivity contribution in [2.24, 2.45) is 0 Å². The summed E-state index contributed by atoms with van der Waals surface area (Å²) >= 11 is 9.01. The average molecular weight is 385 g/mol. The molecule has 6 nitrogen and oxygen atoms in total. The number of aromatic nitrogens is 1. The van der Waals surface area contributed by atoms with E-state index in [0.29, 0.717) is 17.6 Å². The lowest BCUT2D eigenvalue weighted by Crippen LogP contribution is -2.45. The van der Waals surface area contributed by atoms with E-state index in [1.54, 1.807) is 0 Å². The molecule has 2 rings (SSSR count). The lowest BCUT2D eigenvalue weighted by molar-refractivity contribution is -0.0156. The lowest BCUT2D eigenvalue weighted by Gasteiger charge is -2.30. The van der Waals surface area contributed by atoms with Crippen LogP contribution < -0.4 is 4.72 Å². The van der Waals surface area contributed by atoms with Gasteiger partial charge in [-0.1, -0.05) is 11.6 Å². The summed E-state index contributed by atoms with van der Waals surface area (Å²) in [4.78, 5) is 5.86. The van der Waals surface area contributed by atoms with Gasteiger partial charge < -0.3 is 9.64 Å². The highest BCUT2D eigenvalue weighted by Gasteiger charge is 2.23. The summed E-state index contributed by atoms with van der Waals surface area (Å²) in [5, 5.41) is -0.0534. The van der Waals surface area contributed by atoms with E-state index in [0.717, 1.165) is 6.54 Å². The number of hydrogen-bond acceptors (Lipinski definition) is 5. The van der Waals surface area contributed by atoms with Crippen LogP contribution in [0.3, 0.4) is 0 Å². The predicted octanol–water partition coefficient (Wildman–Crippen LogP) is 1.11. The lowest BCUT2D eigenvalue weighted by atomic mass is 10.3. The summed E-state index contributed by atoms with van der Waals surface area (Å²) in [6.07, 6.45) is 1.28. The van der Waals surface area contributed by atoms with Gasteiger partial charge in [-0.15, -0.1) is 0 Å². The van der Waals surface area contributed by atoms with Crippen molar-refractivity contribution in [1.82, 2.24) is 14.6 Å². The Morgan fingerprint density at radius 2 is 2.40 bits per heavy atom. The van der Waals surface area contributed by atoms with Gasteiger partial charge >= 0.3 is 0 Å². The van der Waals surface area contributed by atoms with Crippen molar-refractivity contribution >= 4 is 37.6 Å². The number of likely N-dealkylation sites (N-methyl/N-ethyl adjacent to an activating group) is 1. The van der Waals surface area contributed by atoms with Crippen molar-refractivity contribution in [3.05, 3.63) is 21.9 Å². The number of sulfonamides is 1. The average Bonchev–Trinajstić information content (AvgIpc) is 2.39. The van der Waals surface area contributed by atoms with Gasteiger partial charge in [0.05, 0.1) is 12.7 Å². The number of morpholine rings is 1. The van der Waals surface area contributed by atoms with Crippen LogP contribution in [-0.2, 0) is 14.8 Å². The molecule has 1 aliphatic heterocycles. The van der Waals surface area contributed by atoms with Crippen LogP contribution >= 0.6 is 27.5 Å². The molecule has 20 heavy (non-hydrogen) atoms. The van der Waals surface area contributed by atoms with Gasteiger partial charge in [-0.3, -0.25) is 0 Å². The van der Waals surface area contributed by atoms with E-state index in [9.17, 15) is 8.42 Å². The normalized spacial score (nSPS) is 21.1. The molecule has 0 amide bonds. The highest BCUT2D eigenvalue weighted by atomic mass is 79.9. The van der Waals surface area contributed by atoms with E-state index >= 15 is 0 Å². The van der Waals surface area contributed by atoms with Gasteiger partial charge in [0, 0.05) is 30.3 Å². The van der Waals surface area contributed by atoms with E-state index in [2.05, 4.69) is 30.5 Å². The van der Waals surface area contributed by atoms with Crippen LogP contribution in [0.5, 0.6) is 0 Å². The Morgan fingerprint density at radius 1 is 1.65 bits per heavy atom. The topological polar surface area (TPSA) is 71.5 Å². The van der Waals surface area contributed by atoms with Gasteiger partial charge in [0.15, 0.2) is 0 Å². The van der Waals surface area contributed by atoms with Gasteiger partial charge in [0.1, 0.15) is 10.0 Å². The van der Waals surface area contributed by atoms with Crippen LogP contribution in [0.1, 0.15) is 0 Å². The highest BCUT2D eigenvalue weighted by molar-refractivity contribution is 9.10. The third-order valence-electron chi connectivity index (χ3n) is 2.91. The summed E-state index contributed by atoms with van der Waals surface area (Å²) in [6.45, 7) is 2.34. The molecular formula is C11H15BrClN3O3S. The van der Waals surface area contributed by atoms with Gasteiger partial charge in [-0.2, -0.15) is 0 Å². The van der Waals surface area contributed by atoms with E-state index in [1.807, 2.05) is 7.05 Å². The third kappa shape index (κ3) is 4.12. The van der Waals surface area contributed by atoms with Crippen LogP contribution in [0.4, 0.5) is 0 Å². The fraction of sp³-hybridized carbons (Fsp3) is 0.545. The van der Waals surface area contributed by atoms with E-state index in [-0.39, 0.29) is 22.7 Å². The highest BCUT2D eigenvalue weighted by Crippen LogP contribution is 2.22. The zero-order valence-electron chi connectivity index (χ0n) is 10.8. The van der Waals surface area contributed by atoms with E-state index in [4.69, 9.17) is 16.3 Å². The zero-order chi connectivity index (χ0) is 14.8. The minimum Gasteiger partial charge on any atom is -0.374 e. The molecule has 1 unspecified atom stereocenters. The molecule has 1 aromatic rings. The monoisotopic (exact) mass is 383 g/mol. The van der Waals surface area contributed by atoms with Gasteiger partial charge in [0.25, 0.3) is 0 Å². The molecule has 1 fully saturated rings. The second-order valence-electron chi connectivity index (χ2n) is 4.55. The van der Waals surface area contributed by atoms with Gasteiger partial charge in [-0.05, 0) is 29.0 Å². The Morgan fingerprint density at radius 3 is 3.10 bits per heavy atom. The predicted molar refractivity (Wildman–Crippen MR) is 79.4 cm³/mol. The minimum atomic E-state index is -3.70. The molecule has 0 radical (unpaired) electrons. The second-order valence-corrected chi connectivity index (χ2v) is 7.56. The Kier molecular flexibility index (Phi) is 5.38. The van der Waals surface area contributed by atoms with Crippen LogP contribution in [-0.4, -0.2) is 57.7 Å². The number of halogens is 2. The molecule has 1 N–H and O–H groups in total. The van der Waals surface area contributed by atoms with E-state index < -0.39 is 10.0 Å². The molecule has 0 bridgehead atoms. The van der Waals surface area contributed by atoms with E-state index in [1.165, 1.54) is 12.3 Å². The number of nitrogens with zero attached hydrogens (tertiary/aromatic N) is 2. The second kappa shape index (κ2) is 6.67. The SMILES string of the molecule is CN1CCOC(CNS(=O)(=O)c2cc(Br)cnc2Cl)C1. The maximum absolute atomic E-state index is 12.2. The number of rotatable bonds is 4. The Balaban J connectivity index is 2.05. The Labute approximate surface area is 131 Å². The molecule has 1 aromatic heterocycles. The van der Waals surface area contributed by atoms with Gasteiger partial charge in [-0.25, -0.2) is 18.1 Å². The first-order valence-electron chi connectivity index (χ1n) is 5.99. The first kappa shape index (κ1) is 16.1. The Bertz CT molecular complexity index is 584. The molecule has 9 heteroatoms. The van der Waals surface area contributed by atoms with Crippen molar-refractivity contribution in [2.45, 2.75) is 11.0 Å². The molecule has 112 valence electrons. The van der Waals surface area contributed by atoms with Crippen LogP contribution in [0.25, 0.3) is 0 Å². The molecule has 1 saturated heterocycles. The fourth-order valence-corrected chi connectivity index (χ4v) is 3.87. The van der Waals surface area contributed by atoms with Crippen molar-refractivity contribution in [3.8, 4) is 0 Å². The first-order valence-corrected chi connectivity index (χ1v) is 8.65. The van der Waals surface area contributed by atoms with Gasteiger partial charge in [0.2, 0.25) is 10.0 Å². The van der Waals surface area contributed by atoms with Crippen molar-refractivity contribution in [3.63, 3.8) is 0 Å². The largest absolute Gasteiger partial charge is 0.374 e. The quantitative estimate of drug-likeness (QED) is 0.787. The summed E-state index contributed by atoms with van der Waals surface area (Å²) in [5.41, 5.74) is 0. The fourth-order valence-electron chi connectivity index (χ4n) is 1.86. The summed E-state index contributed by atoms with van der Waals surface area (Å²) < 4.78 is 33.0.